The number of halogens is 4. The first-order valence-electron chi connectivity index (χ1n) is 7.55. The van der Waals surface area contributed by atoms with Crippen LogP contribution in [-0.4, -0.2) is 24.7 Å². The van der Waals surface area contributed by atoms with E-state index in [0.29, 0.717) is 18.8 Å². The van der Waals surface area contributed by atoms with Gasteiger partial charge in [-0.2, -0.15) is 0 Å². The standard InChI is InChI=1S/C15H22F4/c1-7-4-8-2-3-9-10(13(8)11(16)5-7)6-12(17)15(19)14(9)18/h7-15H,2-6H2,1H3. The maximum Gasteiger partial charge on any atom is 0.162 e. The summed E-state index contributed by atoms with van der Waals surface area (Å²) < 4.78 is 55.4. The quantitative estimate of drug-likeness (QED) is 0.575. The van der Waals surface area contributed by atoms with Crippen LogP contribution in [-0.2, 0) is 0 Å². The Morgan fingerprint density at radius 2 is 1.47 bits per heavy atom. The van der Waals surface area contributed by atoms with Gasteiger partial charge in [0.05, 0.1) is 0 Å². The third-order valence-electron chi connectivity index (χ3n) is 5.77. The van der Waals surface area contributed by atoms with Crippen molar-refractivity contribution in [3.8, 4) is 0 Å². The number of alkyl halides is 4. The molecule has 0 amide bonds. The Kier molecular flexibility index (Phi) is 3.55. The molecule has 3 rings (SSSR count). The van der Waals surface area contributed by atoms with Crippen molar-refractivity contribution in [2.75, 3.05) is 0 Å². The fourth-order valence-corrected chi connectivity index (χ4v) is 4.99. The van der Waals surface area contributed by atoms with Crippen LogP contribution in [0.1, 0.15) is 39.0 Å². The van der Waals surface area contributed by atoms with E-state index in [0.717, 1.165) is 12.8 Å². The summed E-state index contributed by atoms with van der Waals surface area (Å²) in [5, 5.41) is 0. The van der Waals surface area contributed by atoms with Crippen LogP contribution in [0.3, 0.4) is 0 Å². The molecule has 9 atom stereocenters. The molecule has 0 bridgehead atoms. The summed E-state index contributed by atoms with van der Waals surface area (Å²) in [6.45, 7) is 2.04. The Morgan fingerprint density at radius 1 is 0.737 bits per heavy atom. The minimum Gasteiger partial charge on any atom is -0.247 e. The van der Waals surface area contributed by atoms with Crippen LogP contribution in [0.15, 0.2) is 0 Å². The fourth-order valence-electron chi connectivity index (χ4n) is 4.99. The highest BCUT2D eigenvalue weighted by atomic mass is 19.2. The zero-order valence-electron chi connectivity index (χ0n) is 11.2. The van der Waals surface area contributed by atoms with Crippen molar-refractivity contribution >= 4 is 0 Å². The molecule has 3 aliphatic rings. The van der Waals surface area contributed by atoms with Gasteiger partial charge in [-0.1, -0.05) is 6.92 Å². The van der Waals surface area contributed by atoms with E-state index in [1.807, 2.05) is 6.92 Å². The number of rotatable bonds is 0. The molecule has 19 heavy (non-hydrogen) atoms. The highest BCUT2D eigenvalue weighted by Crippen LogP contribution is 2.54. The summed E-state index contributed by atoms with van der Waals surface area (Å²) in [4.78, 5) is 0. The summed E-state index contributed by atoms with van der Waals surface area (Å²) in [5.41, 5.74) is 0. The van der Waals surface area contributed by atoms with Gasteiger partial charge in [0.1, 0.15) is 18.5 Å². The van der Waals surface area contributed by atoms with Gasteiger partial charge >= 0.3 is 0 Å². The monoisotopic (exact) mass is 278 g/mol. The lowest BCUT2D eigenvalue weighted by atomic mass is 9.55. The third-order valence-corrected chi connectivity index (χ3v) is 5.77. The van der Waals surface area contributed by atoms with Gasteiger partial charge in [-0.3, -0.25) is 0 Å². The predicted molar refractivity (Wildman–Crippen MR) is 65.8 cm³/mol. The topological polar surface area (TPSA) is 0 Å². The Labute approximate surface area is 111 Å². The molecule has 110 valence electrons. The van der Waals surface area contributed by atoms with Crippen LogP contribution < -0.4 is 0 Å². The van der Waals surface area contributed by atoms with Crippen LogP contribution in [0, 0.1) is 29.6 Å². The van der Waals surface area contributed by atoms with Crippen molar-refractivity contribution < 1.29 is 17.6 Å². The fraction of sp³-hybridized carbons (Fsp3) is 1.00. The lowest BCUT2D eigenvalue weighted by molar-refractivity contribution is -0.107. The second-order valence-electron chi connectivity index (χ2n) is 6.98. The van der Waals surface area contributed by atoms with Crippen molar-refractivity contribution in [1.82, 2.24) is 0 Å². The Morgan fingerprint density at radius 3 is 2.21 bits per heavy atom. The van der Waals surface area contributed by atoms with E-state index in [1.54, 1.807) is 0 Å². The molecule has 0 aromatic carbocycles. The maximum atomic E-state index is 14.4. The second-order valence-corrected chi connectivity index (χ2v) is 6.98. The number of hydrogen-bond donors (Lipinski definition) is 0. The van der Waals surface area contributed by atoms with Crippen molar-refractivity contribution in [3.05, 3.63) is 0 Å². The smallest absolute Gasteiger partial charge is 0.162 e. The number of fused-ring (bicyclic) bond motifs is 3. The molecule has 3 aliphatic carbocycles. The van der Waals surface area contributed by atoms with Gasteiger partial charge in [0.25, 0.3) is 0 Å². The largest absolute Gasteiger partial charge is 0.247 e. The summed E-state index contributed by atoms with van der Waals surface area (Å²) in [5.74, 6) is -0.393. The molecule has 0 heterocycles. The molecule has 0 aliphatic heterocycles. The van der Waals surface area contributed by atoms with Crippen LogP contribution in [0.5, 0.6) is 0 Å². The van der Waals surface area contributed by atoms with E-state index in [4.69, 9.17) is 0 Å². The third kappa shape index (κ3) is 2.19. The molecule has 0 aromatic rings. The molecule has 3 fully saturated rings. The first-order chi connectivity index (χ1) is 8.99. The molecule has 0 nitrogen and oxygen atoms in total. The molecule has 0 aromatic heterocycles. The Hall–Kier alpha value is -0.280. The van der Waals surface area contributed by atoms with E-state index in [-0.39, 0.29) is 24.2 Å². The highest BCUT2D eigenvalue weighted by Gasteiger charge is 2.54. The van der Waals surface area contributed by atoms with Crippen LogP contribution in [0.25, 0.3) is 0 Å². The lowest BCUT2D eigenvalue weighted by Gasteiger charge is -2.52. The van der Waals surface area contributed by atoms with Crippen molar-refractivity contribution in [1.29, 1.82) is 0 Å². The van der Waals surface area contributed by atoms with Crippen molar-refractivity contribution in [2.45, 2.75) is 63.7 Å². The second kappa shape index (κ2) is 4.92. The Bertz CT molecular complexity index is 334. The first-order valence-corrected chi connectivity index (χ1v) is 7.55. The predicted octanol–water partition coefficient (Wildman–Crippen LogP) is 4.43. The first kappa shape index (κ1) is 13.7. The van der Waals surface area contributed by atoms with E-state index in [2.05, 4.69) is 0 Å². The molecule has 4 heteroatoms. The van der Waals surface area contributed by atoms with E-state index in [1.165, 1.54) is 0 Å². The molecule has 9 unspecified atom stereocenters. The van der Waals surface area contributed by atoms with E-state index in [9.17, 15) is 17.6 Å². The van der Waals surface area contributed by atoms with Gasteiger partial charge in [0.2, 0.25) is 0 Å². The van der Waals surface area contributed by atoms with Crippen LogP contribution >= 0.6 is 0 Å². The highest BCUT2D eigenvalue weighted by molar-refractivity contribution is 5.02. The van der Waals surface area contributed by atoms with Crippen LogP contribution in [0.2, 0.25) is 0 Å². The maximum absolute atomic E-state index is 14.4. The molecular weight excluding hydrogens is 256 g/mol. The average Bonchev–Trinajstić information content (AvgIpc) is 2.35. The average molecular weight is 278 g/mol. The summed E-state index contributed by atoms with van der Waals surface area (Å²) in [6.07, 6.45) is -3.60. The van der Waals surface area contributed by atoms with Gasteiger partial charge in [-0.05, 0) is 61.7 Å². The lowest BCUT2D eigenvalue weighted by Crippen LogP contribution is -2.53. The minimum atomic E-state index is -2.00. The molecular formula is C15H22F4. The van der Waals surface area contributed by atoms with Crippen LogP contribution in [0.4, 0.5) is 17.6 Å². The zero-order chi connectivity index (χ0) is 13.7. The normalized spacial score (nSPS) is 58.3. The van der Waals surface area contributed by atoms with Crippen molar-refractivity contribution in [3.63, 3.8) is 0 Å². The minimum absolute atomic E-state index is 0.0161. The zero-order valence-corrected chi connectivity index (χ0v) is 11.2. The van der Waals surface area contributed by atoms with Gasteiger partial charge < -0.3 is 0 Å². The molecule has 3 saturated carbocycles. The van der Waals surface area contributed by atoms with E-state index < -0.39 is 30.6 Å². The van der Waals surface area contributed by atoms with Gasteiger partial charge in [-0.15, -0.1) is 0 Å². The van der Waals surface area contributed by atoms with E-state index >= 15 is 0 Å². The SMILES string of the molecule is CC1CC(F)C2C(CCC3C(F)C(F)C(F)CC32)C1. The summed E-state index contributed by atoms with van der Waals surface area (Å²) in [6, 6.07) is 0. The molecule has 0 radical (unpaired) electrons. The summed E-state index contributed by atoms with van der Waals surface area (Å²) in [7, 11) is 0. The molecule has 0 spiro atoms. The Balaban J connectivity index is 1.83. The molecule has 0 saturated heterocycles. The van der Waals surface area contributed by atoms with Gasteiger partial charge in [0.15, 0.2) is 6.17 Å². The molecule has 0 N–H and O–H groups in total. The van der Waals surface area contributed by atoms with Gasteiger partial charge in [-0.25, -0.2) is 17.6 Å². The van der Waals surface area contributed by atoms with Crippen molar-refractivity contribution in [2.24, 2.45) is 29.6 Å². The summed E-state index contributed by atoms with van der Waals surface area (Å²) >= 11 is 0. The van der Waals surface area contributed by atoms with Gasteiger partial charge in [0, 0.05) is 0 Å². The number of hydrogen-bond acceptors (Lipinski definition) is 0.